The Morgan fingerprint density at radius 3 is 2.54 bits per heavy atom. The Kier molecular flexibility index (Phi) is 5.29. The van der Waals surface area contributed by atoms with Gasteiger partial charge in [-0.05, 0) is 36.2 Å². The summed E-state index contributed by atoms with van der Waals surface area (Å²) in [5.41, 5.74) is 1.42. The molecule has 0 radical (unpaired) electrons. The van der Waals surface area contributed by atoms with Crippen LogP contribution in [-0.2, 0) is 14.8 Å². The molecule has 0 spiro atoms. The first-order valence-corrected chi connectivity index (χ1v) is 9.85. The van der Waals surface area contributed by atoms with E-state index in [-0.39, 0.29) is 30.3 Å². The molecule has 2 aromatic rings. The molecule has 7 heteroatoms. The number of sulfonamides is 1. The summed E-state index contributed by atoms with van der Waals surface area (Å²) in [4.78, 5) is 12.3. The van der Waals surface area contributed by atoms with Gasteiger partial charge < -0.3 is 10.1 Å². The summed E-state index contributed by atoms with van der Waals surface area (Å²) in [6.45, 7) is 2.25. The summed E-state index contributed by atoms with van der Waals surface area (Å²) in [5, 5.41) is 2.77. The van der Waals surface area contributed by atoms with Crippen LogP contribution in [0.25, 0.3) is 0 Å². The Bertz CT molecular complexity index is 897. The predicted octanol–water partition coefficient (Wildman–Crippen LogP) is 2.26. The van der Waals surface area contributed by atoms with Gasteiger partial charge in [0.05, 0.1) is 18.0 Å². The molecule has 0 saturated carbocycles. The molecule has 6 nitrogen and oxygen atoms in total. The van der Waals surface area contributed by atoms with Crippen LogP contribution < -0.4 is 10.1 Å². The molecule has 1 saturated heterocycles. The average Bonchev–Trinajstić information content (AvgIpc) is 2.84. The van der Waals surface area contributed by atoms with E-state index in [1.807, 2.05) is 30.3 Å². The molecular formula is C19H22N2O4S. The van der Waals surface area contributed by atoms with Gasteiger partial charge >= 0.3 is 0 Å². The number of hydrogen-bond donors (Lipinski definition) is 1. The summed E-state index contributed by atoms with van der Waals surface area (Å²) >= 11 is 0. The molecule has 1 aliphatic rings. The summed E-state index contributed by atoms with van der Waals surface area (Å²) in [7, 11) is -2.23. The summed E-state index contributed by atoms with van der Waals surface area (Å²) < 4.78 is 33.4. The van der Waals surface area contributed by atoms with Crippen molar-refractivity contribution in [3.63, 3.8) is 0 Å². The van der Waals surface area contributed by atoms with Crippen molar-refractivity contribution in [2.75, 3.05) is 20.2 Å². The number of nitrogens with zero attached hydrogens (tertiary/aromatic N) is 1. The monoisotopic (exact) mass is 374 g/mol. The fourth-order valence-corrected chi connectivity index (χ4v) is 5.04. The lowest BCUT2D eigenvalue weighted by molar-refractivity contribution is -0.121. The van der Waals surface area contributed by atoms with E-state index in [1.54, 1.807) is 32.2 Å². The molecule has 2 aromatic carbocycles. The van der Waals surface area contributed by atoms with Gasteiger partial charge in [0.15, 0.2) is 0 Å². The highest BCUT2D eigenvalue weighted by Crippen LogP contribution is 2.33. The Labute approximate surface area is 153 Å². The molecule has 1 amide bonds. The molecule has 1 fully saturated rings. The third-order valence-corrected chi connectivity index (χ3v) is 6.60. The fraction of sp³-hybridized carbons (Fsp3) is 0.316. The highest BCUT2D eigenvalue weighted by Gasteiger charge is 2.36. The van der Waals surface area contributed by atoms with Crippen LogP contribution in [0.1, 0.15) is 23.6 Å². The lowest BCUT2D eigenvalue weighted by Gasteiger charge is -2.29. The van der Waals surface area contributed by atoms with Gasteiger partial charge in [-0.25, -0.2) is 8.42 Å². The van der Waals surface area contributed by atoms with Gasteiger partial charge in [-0.3, -0.25) is 4.79 Å². The second-order valence-electron chi connectivity index (χ2n) is 6.23. The van der Waals surface area contributed by atoms with E-state index in [4.69, 9.17) is 4.74 Å². The maximum absolute atomic E-state index is 13.4. The van der Waals surface area contributed by atoms with E-state index in [0.717, 1.165) is 5.56 Å². The van der Waals surface area contributed by atoms with Crippen molar-refractivity contribution < 1.29 is 17.9 Å². The van der Waals surface area contributed by atoms with Crippen LogP contribution in [0.4, 0.5) is 0 Å². The summed E-state index contributed by atoms with van der Waals surface area (Å²) in [6, 6.07) is 13.6. The zero-order valence-corrected chi connectivity index (χ0v) is 15.6. The number of carbonyl (C=O) groups is 1. The van der Waals surface area contributed by atoms with Gasteiger partial charge in [0.25, 0.3) is 0 Å². The molecule has 1 heterocycles. The van der Waals surface area contributed by atoms with E-state index in [9.17, 15) is 13.2 Å². The van der Waals surface area contributed by atoms with Gasteiger partial charge in [0.2, 0.25) is 15.9 Å². The topological polar surface area (TPSA) is 75.7 Å². The zero-order valence-electron chi connectivity index (χ0n) is 14.8. The number of amides is 1. The van der Waals surface area contributed by atoms with Crippen molar-refractivity contribution in [1.82, 2.24) is 9.62 Å². The minimum Gasteiger partial charge on any atom is -0.497 e. The fourth-order valence-electron chi connectivity index (χ4n) is 3.22. The first kappa shape index (κ1) is 18.4. The Balaban J connectivity index is 2.06. The molecule has 1 aliphatic heterocycles. The van der Waals surface area contributed by atoms with Gasteiger partial charge in [-0.2, -0.15) is 4.31 Å². The SMILES string of the molecule is COc1ccc(S(=O)(=O)N2CCNC(=O)C[C@@H]2c2ccccc2)c(C)c1. The normalized spacial score (nSPS) is 18.8. The third kappa shape index (κ3) is 3.59. The molecule has 1 atom stereocenters. The second kappa shape index (κ2) is 7.47. The number of methoxy groups -OCH3 is 1. The van der Waals surface area contributed by atoms with Gasteiger partial charge in [-0.1, -0.05) is 30.3 Å². The van der Waals surface area contributed by atoms with E-state index < -0.39 is 16.1 Å². The number of benzene rings is 2. The number of nitrogens with one attached hydrogen (secondary N) is 1. The predicted molar refractivity (Wildman–Crippen MR) is 98.4 cm³/mol. The molecule has 3 rings (SSSR count). The molecule has 0 aromatic heterocycles. The van der Waals surface area contributed by atoms with Crippen molar-refractivity contribution >= 4 is 15.9 Å². The maximum atomic E-state index is 13.4. The lowest BCUT2D eigenvalue weighted by Crippen LogP contribution is -2.36. The summed E-state index contributed by atoms with van der Waals surface area (Å²) in [6.07, 6.45) is 0.0957. The van der Waals surface area contributed by atoms with Gasteiger partial charge in [0.1, 0.15) is 5.75 Å². The van der Waals surface area contributed by atoms with E-state index in [2.05, 4.69) is 5.32 Å². The van der Waals surface area contributed by atoms with Crippen molar-refractivity contribution in [2.45, 2.75) is 24.3 Å². The molecule has 0 aliphatic carbocycles. The second-order valence-corrected chi connectivity index (χ2v) is 8.09. The largest absolute Gasteiger partial charge is 0.497 e. The molecule has 0 bridgehead atoms. The number of rotatable bonds is 4. The standard InChI is InChI=1S/C19H22N2O4S/c1-14-12-16(25-2)8-9-18(14)26(23,24)21-11-10-20-19(22)13-17(21)15-6-4-3-5-7-15/h3-9,12,17H,10-11,13H2,1-2H3,(H,20,22)/t17-/m1/s1. The Morgan fingerprint density at radius 2 is 1.88 bits per heavy atom. The quantitative estimate of drug-likeness (QED) is 0.891. The van der Waals surface area contributed by atoms with Gasteiger partial charge in [0, 0.05) is 19.5 Å². The van der Waals surface area contributed by atoms with Crippen LogP contribution in [0.3, 0.4) is 0 Å². The molecule has 0 unspecified atom stereocenters. The van der Waals surface area contributed by atoms with Crippen LogP contribution in [-0.4, -0.2) is 38.8 Å². The van der Waals surface area contributed by atoms with Crippen molar-refractivity contribution in [3.05, 3.63) is 59.7 Å². The number of aryl methyl sites for hydroxylation is 1. The van der Waals surface area contributed by atoms with Crippen molar-refractivity contribution in [2.24, 2.45) is 0 Å². The molecule has 26 heavy (non-hydrogen) atoms. The Hall–Kier alpha value is -2.38. The van der Waals surface area contributed by atoms with Crippen LogP contribution >= 0.6 is 0 Å². The van der Waals surface area contributed by atoms with Gasteiger partial charge in [-0.15, -0.1) is 0 Å². The Morgan fingerprint density at radius 1 is 1.15 bits per heavy atom. The highest BCUT2D eigenvalue weighted by molar-refractivity contribution is 7.89. The molecular weight excluding hydrogens is 352 g/mol. The number of carbonyl (C=O) groups excluding carboxylic acids is 1. The van der Waals surface area contributed by atoms with Crippen molar-refractivity contribution in [1.29, 1.82) is 0 Å². The first-order valence-electron chi connectivity index (χ1n) is 8.41. The average molecular weight is 374 g/mol. The maximum Gasteiger partial charge on any atom is 0.243 e. The highest BCUT2D eigenvalue weighted by atomic mass is 32.2. The zero-order chi connectivity index (χ0) is 18.7. The first-order chi connectivity index (χ1) is 12.4. The van der Waals surface area contributed by atoms with Crippen LogP contribution in [0.2, 0.25) is 0 Å². The number of ether oxygens (including phenoxy) is 1. The minimum absolute atomic E-state index is 0.0957. The third-order valence-electron chi connectivity index (χ3n) is 4.53. The summed E-state index contributed by atoms with van der Waals surface area (Å²) in [5.74, 6) is 0.455. The van der Waals surface area contributed by atoms with E-state index in [0.29, 0.717) is 11.3 Å². The smallest absolute Gasteiger partial charge is 0.243 e. The minimum atomic E-state index is -3.78. The van der Waals surface area contributed by atoms with E-state index >= 15 is 0 Å². The van der Waals surface area contributed by atoms with Crippen molar-refractivity contribution in [3.8, 4) is 5.75 Å². The van der Waals surface area contributed by atoms with Crippen LogP contribution in [0.5, 0.6) is 5.75 Å². The van der Waals surface area contributed by atoms with Crippen LogP contribution in [0, 0.1) is 6.92 Å². The number of hydrogen-bond acceptors (Lipinski definition) is 4. The van der Waals surface area contributed by atoms with E-state index in [1.165, 1.54) is 4.31 Å². The molecule has 1 N–H and O–H groups in total. The molecule has 138 valence electrons. The van der Waals surface area contributed by atoms with Crippen LogP contribution in [0.15, 0.2) is 53.4 Å². The lowest BCUT2D eigenvalue weighted by atomic mass is 10.0.